The highest BCUT2D eigenvalue weighted by Crippen LogP contribution is 2.44. The Labute approximate surface area is 337 Å². The van der Waals surface area contributed by atoms with Crippen LogP contribution in [-0.2, 0) is 13.1 Å². The fraction of sp³-hybridized carbons (Fsp3) is 0.357. The van der Waals surface area contributed by atoms with Crippen LogP contribution in [-0.4, -0.2) is 90.7 Å². The summed E-state index contributed by atoms with van der Waals surface area (Å²) < 4.78 is 14.8. The normalized spacial score (nSPS) is 18.2. The summed E-state index contributed by atoms with van der Waals surface area (Å²) in [6.45, 7) is 3.35. The molecule has 9 rings (SSSR count). The number of thiophene rings is 1. The van der Waals surface area contributed by atoms with Crippen molar-refractivity contribution in [3.63, 3.8) is 0 Å². The fourth-order valence-electron chi connectivity index (χ4n) is 8.33. The Morgan fingerprint density at radius 1 is 0.912 bits per heavy atom. The van der Waals surface area contributed by atoms with Crippen LogP contribution in [0.25, 0.3) is 20.7 Å². The summed E-state index contributed by atoms with van der Waals surface area (Å²) in [5.74, 6) is 4.08. The molecule has 0 unspecified atom stereocenters. The van der Waals surface area contributed by atoms with Gasteiger partial charge in [0.25, 0.3) is 11.5 Å². The number of fused-ring (bicyclic) bond motifs is 4. The van der Waals surface area contributed by atoms with Gasteiger partial charge in [-0.1, -0.05) is 42.5 Å². The summed E-state index contributed by atoms with van der Waals surface area (Å²) in [6.07, 6.45) is 1.94. The third-order valence-corrected chi connectivity index (χ3v) is 13.6. The second kappa shape index (κ2) is 15.4. The first-order valence-electron chi connectivity index (χ1n) is 19.3. The van der Waals surface area contributed by atoms with Crippen LogP contribution in [0.5, 0.6) is 11.5 Å². The van der Waals surface area contributed by atoms with Crippen molar-refractivity contribution in [2.24, 2.45) is 4.99 Å². The SMILES string of the molecule is CCn1nnc(Cn2c(=O)n(C3CCN(C(=O)c4ccc(C5=N[C@@H]6CCSC[C@@H]6c6cc(OC)c(OC)cc65)cc4)CC3)c(=O)c3sc(-c4ccccc4)cc32)n1. The van der Waals surface area contributed by atoms with Gasteiger partial charge in [-0.05, 0) is 78.6 Å². The maximum Gasteiger partial charge on any atom is 0.332 e. The van der Waals surface area contributed by atoms with E-state index in [9.17, 15) is 14.4 Å². The van der Waals surface area contributed by atoms with Crippen molar-refractivity contribution in [2.75, 3.05) is 38.8 Å². The summed E-state index contributed by atoms with van der Waals surface area (Å²) in [5.41, 5.74) is 5.46. The molecule has 13 nitrogen and oxygen atoms in total. The summed E-state index contributed by atoms with van der Waals surface area (Å²) in [4.78, 5) is 51.8. The summed E-state index contributed by atoms with van der Waals surface area (Å²) in [5, 5.41) is 12.7. The second-order valence-corrected chi connectivity index (χ2v) is 16.7. The topological polar surface area (TPSA) is 139 Å². The predicted molar refractivity (Wildman–Crippen MR) is 223 cm³/mol. The van der Waals surface area contributed by atoms with Crippen molar-refractivity contribution in [3.05, 3.63) is 122 Å². The fourth-order valence-corrected chi connectivity index (χ4v) is 10.7. The molecule has 0 bridgehead atoms. The van der Waals surface area contributed by atoms with Gasteiger partial charge in [-0.2, -0.15) is 16.6 Å². The van der Waals surface area contributed by atoms with Crippen LogP contribution in [0.3, 0.4) is 0 Å². The van der Waals surface area contributed by atoms with Crippen LogP contribution in [0.1, 0.15) is 71.0 Å². The Bertz CT molecular complexity index is 2620. The maximum atomic E-state index is 14.3. The van der Waals surface area contributed by atoms with Gasteiger partial charge in [0, 0.05) is 52.4 Å². The molecule has 2 atom stereocenters. The van der Waals surface area contributed by atoms with Gasteiger partial charge in [0.15, 0.2) is 17.3 Å². The Balaban J connectivity index is 0.969. The lowest BCUT2D eigenvalue weighted by Crippen LogP contribution is -2.46. The number of hydrogen-bond donors (Lipinski definition) is 0. The van der Waals surface area contributed by atoms with Crippen molar-refractivity contribution < 1.29 is 14.3 Å². The molecule has 6 heterocycles. The van der Waals surface area contributed by atoms with Gasteiger partial charge < -0.3 is 14.4 Å². The molecule has 3 aliphatic rings. The summed E-state index contributed by atoms with van der Waals surface area (Å²) >= 11 is 3.34. The number of aryl methyl sites for hydroxylation is 1. The van der Waals surface area contributed by atoms with Crippen LogP contribution in [0.2, 0.25) is 0 Å². The Morgan fingerprint density at radius 2 is 1.67 bits per heavy atom. The molecule has 3 aliphatic heterocycles. The van der Waals surface area contributed by atoms with Gasteiger partial charge in [0.2, 0.25) is 0 Å². The van der Waals surface area contributed by atoms with Crippen LogP contribution < -0.4 is 20.7 Å². The number of thioether (sulfide) groups is 1. The van der Waals surface area contributed by atoms with E-state index in [2.05, 4.69) is 21.5 Å². The molecule has 0 spiro atoms. The first-order valence-corrected chi connectivity index (χ1v) is 21.2. The number of methoxy groups -OCH3 is 2. The summed E-state index contributed by atoms with van der Waals surface area (Å²) in [6, 6.07) is 23.4. The standard InChI is InChI=1S/C42H42N8O5S2/c1-4-49-45-37(44-46-49)23-48-33-22-36(25-8-6-5-7-9-25)57-39(33)41(52)50(42(48)53)28-14-17-47(18-15-28)40(51)27-12-10-26(11-13-27)38-30-21-35(55-3)34(54-2)20-29(30)31-24-56-19-16-32(31)43-38/h5-13,20-22,28,31-32H,4,14-19,23-24H2,1-3H3/t31-,32-/m1/s1. The van der Waals surface area contributed by atoms with Crippen molar-refractivity contribution >= 4 is 44.9 Å². The zero-order valence-electron chi connectivity index (χ0n) is 32.0. The number of piperidine rings is 1. The lowest BCUT2D eigenvalue weighted by atomic mass is 9.81. The van der Waals surface area contributed by atoms with Gasteiger partial charge in [-0.25, -0.2) is 4.79 Å². The molecule has 15 heteroatoms. The number of aliphatic imine (C=N–C) groups is 1. The first kappa shape index (κ1) is 37.1. The summed E-state index contributed by atoms with van der Waals surface area (Å²) in [7, 11) is 3.31. The number of likely N-dealkylation sites (tertiary alicyclic amines) is 1. The zero-order chi connectivity index (χ0) is 39.2. The van der Waals surface area contributed by atoms with Crippen LogP contribution in [0.15, 0.2) is 87.4 Å². The number of nitrogens with zero attached hydrogens (tertiary/aromatic N) is 8. The first-order chi connectivity index (χ1) is 27.8. The van der Waals surface area contributed by atoms with Gasteiger partial charge in [-0.3, -0.25) is 23.7 Å². The molecule has 1 amide bonds. The number of rotatable bonds is 9. The van der Waals surface area contributed by atoms with Crippen molar-refractivity contribution in [3.8, 4) is 21.9 Å². The number of carbonyl (C=O) groups is 1. The zero-order valence-corrected chi connectivity index (χ0v) is 33.6. The molecule has 3 aromatic carbocycles. The number of hydrogen-bond acceptors (Lipinski definition) is 11. The van der Waals surface area contributed by atoms with Gasteiger partial charge in [0.05, 0.1) is 44.6 Å². The molecule has 0 aliphatic carbocycles. The lowest BCUT2D eigenvalue weighted by molar-refractivity contribution is 0.0691. The highest BCUT2D eigenvalue weighted by atomic mass is 32.2. The van der Waals surface area contributed by atoms with Gasteiger partial charge >= 0.3 is 5.69 Å². The largest absolute Gasteiger partial charge is 0.493 e. The Morgan fingerprint density at radius 3 is 2.39 bits per heavy atom. The molecule has 2 saturated heterocycles. The van der Waals surface area contributed by atoms with Gasteiger partial charge in [-0.15, -0.1) is 21.5 Å². The van der Waals surface area contributed by atoms with E-state index in [0.717, 1.165) is 45.2 Å². The van der Waals surface area contributed by atoms with Crippen molar-refractivity contribution in [1.29, 1.82) is 0 Å². The molecular formula is C42H42N8O5S2. The Kier molecular flexibility index (Phi) is 10.0. The average Bonchev–Trinajstić information content (AvgIpc) is 3.93. The van der Waals surface area contributed by atoms with Crippen molar-refractivity contribution in [2.45, 2.75) is 57.3 Å². The monoisotopic (exact) mass is 802 g/mol. The third-order valence-electron chi connectivity index (χ3n) is 11.3. The number of aromatic nitrogens is 6. The van der Waals surface area contributed by atoms with E-state index in [-0.39, 0.29) is 30.1 Å². The van der Waals surface area contributed by atoms with E-state index in [0.29, 0.717) is 71.5 Å². The molecule has 2 fully saturated rings. The van der Waals surface area contributed by atoms with Crippen LogP contribution in [0.4, 0.5) is 0 Å². The minimum Gasteiger partial charge on any atom is -0.493 e. The molecule has 0 saturated carbocycles. The van der Waals surface area contributed by atoms with E-state index in [1.165, 1.54) is 26.3 Å². The maximum absolute atomic E-state index is 14.3. The number of ether oxygens (including phenoxy) is 2. The number of tetrazole rings is 1. The number of benzene rings is 3. The van der Waals surface area contributed by atoms with Crippen LogP contribution >= 0.6 is 23.1 Å². The smallest absolute Gasteiger partial charge is 0.332 e. The van der Waals surface area contributed by atoms with Crippen LogP contribution in [0, 0.1) is 0 Å². The highest BCUT2D eigenvalue weighted by molar-refractivity contribution is 7.99. The van der Waals surface area contributed by atoms with E-state index in [4.69, 9.17) is 14.5 Å². The number of carbonyl (C=O) groups excluding carboxylic acids is 1. The molecule has 57 heavy (non-hydrogen) atoms. The van der Waals surface area contributed by atoms with Gasteiger partial charge in [0.1, 0.15) is 4.70 Å². The molecule has 6 aromatic rings. The highest BCUT2D eigenvalue weighted by Gasteiger charge is 2.35. The van der Waals surface area contributed by atoms with E-state index in [1.807, 2.05) is 90.3 Å². The minimum atomic E-state index is -0.417. The Hall–Kier alpha value is -5.54. The predicted octanol–water partition coefficient (Wildman–Crippen LogP) is 5.88. The average molecular weight is 803 g/mol. The lowest BCUT2D eigenvalue weighted by Gasteiger charge is -2.35. The number of amides is 1. The van der Waals surface area contributed by atoms with Crippen molar-refractivity contribution in [1.82, 2.24) is 34.2 Å². The molecule has 292 valence electrons. The quantitative estimate of drug-likeness (QED) is 0.176. The van der Waals surface area contributed by atoms with E-state index >= 15 is 0 Å². The second-order valence-electron chi connectivity index (χ2n) is 14.5. The van der Waals surface area contributed by atoms with E-state index < -0.39 is 5.69 Å². The molecular weight excluding hydrogens is 761 g/mol. The third kappa shape index (κ3) is 6.75. The molecule has 0 N–H and O–H groups in total. The van der Waals surface area contributed by atoms with E-state index in [1.54, 1.807) is 18.8 Å². The molecule has 0 radical (unpaired) electrons. The molecule has 3 aromatic heterocycles. The minimum absolute atomic E-state index is 0.0773.